The van der Waals surface area contributed by atoms with Crippen LogP contribution in [0.25, 0.3) is 0 Å². The van der Waals surface area contributed by atoms with Crippen molar-refractivity contribution in [2.75, 3.05) is 5.32 Å². The summed E-state index contributed by atoms with van der Waals surface area (Å²) in [6, 6.07) is 12.6. The van der Waals surface area contributed by atoms with Gasteiger partial charge in [0.15, 0.2) is 0 Å². The maximum absolute atomic E-state index is 12.2. The largest absolute Gasteiger partial charge is 0.326 e. The van der Waals surface area contributed by atoms with E-state index in [1.807, 2.05) is 24.3 Å². The molecule has 0 unspecified atom stereocenters. The number of benzene rings is 2. The molecule has 0 aliphatic carbocycles. The number of nitrogens with one attached hydrogen (secondary N) is 1. The first-order chi connectivity index (χ1) is 9.11. The molecule has 0 aromatic heterocycles. The summed E-state index contributed by atoms with van der Waals surface area (Å²) in [5, 5.41) is 3.23. The number of amides is 1. The van der Waals surface area contributed by atoms with Gasteiger partial charge in [0.25, 0.3) is 5.91 Å². The van der Waals surface area contributed by atoms with Gasteiger partial charge < -0.3 is 11.1 Å². The fourth-order valence-corrected chi connectivity index (χ4v) is 2.25. The standard InChI is InChI=1S/C14H12BrClN2O/c15-10-5-6-12(16)11(7-10)14(19)18-13-4-2-1-3-9(13)8-17/h1-7H,8,17H2,(H,18,19). The highest BCUT2D eigenvalue weighted by molar-refractivity contribution is 9.10. The van der Waals surface area contributed by atoms with E-state index >= 15 is 0 Å². The zero-order chi connectivity index (χ0) is 13.8. The van der Waals surface area contributed by atoms with Crippen LogP contribution in [-0.2, 0) is 6.54 Å². The lowest BCUT2D eigenvalue weighted by Gasteiger charge is -2.10. The molecular formula is C14H12BrClN2O. The highest BCUT2D eigenvalue weighted by atomic mass is 79.9. The van der Waals surface area contributed by atoms with Crippen LogP contribution in [0.2, 0.25) is 5.02 Å². The van der Waals surface area contributed by atoms with Crippen LogP contribution < -0.4 is 11.1 Å². The molecule has 2 rings (SSSR count). The molecule has 0 aliphatic rings. The molecule has 3 N–H and O–H groups in total. The predicted molar refractivity (Wildman–Crippen MR) is 81.4 cm³/mol. The van der Waals surface area contributed by atoms with Crippen LogP contribution in [0.5, 0.6) is 0 Å². The highest BCUT2D eigenvalue weighted by Crippen LogP contribution is 2.23. The van der Waals surface area contributed by atoms with E-state index in [2.05, 4.69) is 21.2 Å². The number of hydrogen-bond acceptors (Lipinski definition) is 2. The van der Waals surface area contributed by atoms with E-state index in [9.17, 15) is 4.79 Å². The number of hydrogen-bond donors (Lipinski definition) is 2. The van der Waals surface area contributed by atoms with Gasteiger partial charge >= 0.3 is 0 Å². The second-order valence-corrected chi connectivity index (χ2v) is 5.26. The Hall–Kier alpha value is -1.36. The second-order valence-electron chi connectivity index (χ2n) is 3.94. The third-order valence-corrected chi connectivity index (χ3v) is 3.48. The van der Waals surface area contributed by atoms with E-state index in [0.29, 0.717) is 22.8 Å². The number of anilines is 1. The zero-order valence-electron chi connectivity index (χ0n) is 9.99. The molecule has 3 nitrogen and oxygen atoms in total. The van der Waals surface area contributed by atoms with Gasteiger partial charge in [0.1, 0.15) is 0 Å². The quantitative estimate of drug-likeness (QED) is 0.893. The van der Waals surface area contributed by atoms with E-state index in [1.165, 1.54) is 0 Å². The van der Waals surface area contributed by atoms with Crippen molar-refractivity contribution in [3.8, 4) is 0 Å². The predicted octanol–water partition coefficient (Wildman–Crippen LogP) is 3.81. The molecule has 0 radical (unpaired) electrons. The molecule has 1 amide bonds. The Labute approximate surface area is 124 Å². The molecule has 0 heterocycles. The average Bonchev–Trinajstić information content (AvgIpc) is 2.42. The van der Waals surface area contributed by atoms with E-state index in [1.54, 1.807) is 18.2 Å². The molecule has 2 aromatic rings. The van der Waals surface area contributed by atoms with Crippen molar-refractivity contribution in [3.05, 3.63) is 63.1 Å². The van der Waals surface area contributed by atoms with Gasteiger partial charge in [0.05, 0.1) is 10.6 Å². The Morgan fingerprint density at radius 2 is 2.00 bits per heavy atom. The van der Waals surface area contributed by atoms with Crippen molar-refractivity contribution in [2.24, 2.45) is 5.73 Å². The van der Waals surface area contributed by atoms with Crippen LogP contribution >= 0.6 is 27.5 Å². The second kappa shape index (κ2) is 6.19. The summed E-state index contributed by atoms with van der Waals surface area (Å²) in [6.45, 7) is 0.364. The molecule has 0 aliphatic heterocycles. The smallest absolute Gasteiger partial charge is 0.257 e. The molecule has 0 bridgehead atoms. The number of rotatable bonds is 3. The van der Waals surface area contributed by atoms with Crippen LogP contribution in [0.4, 0.5) is 5.69 Å². The third-order valence-electron chi connectivity index (χ3n) is 2.66. The molecule has 0 fully saturated rings. The maximum Gasteiger partial charge on any atom is 0.257 e. The van der Waals surface area contributed by atoms with Crippen molar-refractivity contribution in [1.82, 2.24) is 0 Å². The van der Waals surface area contributed by atoms with Crippen LogP contribution in [0, 0.1) is 0 Å². The molecule has 0 atom stereocenters. The molecule has 0 saturated carbocycles. The Balaban J connectivity index is 2.28. The minimum atomic E-state index is -0.257. The van der Waals surface area contributed by atoms with Gasteiger partial charge in [-0.15, -0.1) is 0 Å². The Bertz CT molecular complexity index is 616. The first-order valence-electron chi connectivity index (χ1n) is 5.66. The first kappa shape index (κ1) is 14.1. The summed E-state index contributed by atoms with van der Waals surface area (Å²) in [5.74, 6) is -0.257. The van der Waals surface area contributed by atoms with Gasteiger partial charge in [-0.05, 0) is 29.8 Å². The number of carbonyl (C=O) groups excluding carboxylic acids is 1. The van der Waals surface area contributed by atoms with Crippen molar-refractivity contribution >= 4 is 39.1 Å². The normalized spacial score (nSPS) is 10.3. The van der Waals surface area contributed by atoms with Crippen LogP contribution in [0.1, 0.15) is 15.9 Å². The maximum atomic E-state index is 12.2. The summed E-state index contributed by atoms with van der Waals surface area (Å²) in [7, 11) is 0. The fraction of sp³-hybridized carbons (Fsp3) is 0.0714. The number of nitrogens with two attached hydrogens (primary N) is 1. The van der Waals surface area contributed by atoms with Crippen LogP contribution in [0.15, 0.2) is 46.9 Å². The SMILES string of the molecule is NCc1ccccc1NC(=O)c1cc(Br)ccc1Cl. The minimum absolute atomic E-state index is 0.257. The number of carbonyl (C=O) groups is 1. The van der Waals surface area contributed by atoms with Crippen molar-refractivity contribution < 1.29 is 4.79 Å². The molecule has 19 heavy (non-hydrogen) atoms. The Morgan fingerprint density at radius 3 is 2.74 bits per heavy atom. The highest BCUT2D eigenvalue weighted by Gasteiger charge is 2.12. The van der Waals surface area contributed by atoms with Crippen molar-refractivity contribution in [1.29, 1.82) is 0 Å². The summed E-state index contributed by atoms with van der Waals surface area (Å²) >= 11 is 9.34. The fourth-order valence-electron chi connectivity index (χ4n) is 1.68. The molecule has 2 aromatic carbocycles. The minimum Gasteiger partial charge on any atom is -0.326 e. The topological polar surface area (TPSA) is 55.1 Å². The average molecular weight is 340 g/mol. The van der Waals surface area contributed by atoms with E-state index in [-0.39, 0.29) is 5.91 Å². The summed E-state index contributed by atoms with van der Waals surface area (Å²) in [5.41, 5.74) is 7.63. The van der Waals surface area contributed by atoms with Gasteiger partial charge in [-0.25, -0.2) is 0 Å². The third kappa shape index (κ3) is 3.35. The van der Waals surface area contributed by atoms with Crippen molar-refractivity contribution in [3.63, 3.8) is 0 Å². The first-order valence-corrected chi connectivity index (χ1v) is 6.83. The zero-order valence-corrected chi connectivity index (χ0v) is 12.3. The van der Waals surface area contributed by atoms with Crippen LogP contribution in [0.3, 0.4) is 0 Å². The lowest BCUT2D eigenvalue weighted by molar-refractivity contribution is 0.102. The summed E-state index contributed by atoms with van der Waals surface area (Å²) in [4.78, 5) is 12.2. The van der Waals surface area contributed by atoms with E-state index in [0.717, 1.165) is 10.0 Å². The lowest BCUT2D eigenvalue weighted by Crippen LogP contribution is -2.14. The van der Waals surface area contributed by atoms with Gasteiger partial charge in [-0.3, -0.25) is 4.79 Å². The van der Waals surface area contributed by atoms with Crippen LogP contribution in [-0.4, -0.2) is 5.91 Å². The van der Waals surface area contributed by atoms with Gasteiger partial charge in [0.2, 0.25) is 0 Å². The Kier molecular flexibility index (Phi) is 4.58. The monoisotopic (exact) mass is 338 g/mol. The van der Waals surface area contributed by atoms with E-state index < -0.39 is 0 Å². The van der Waals surface area contributed by atoms with E-state index in [4.69, 9.17) is 17.3 Å². The molecule has 0 saturated heterocycles. The number of para-hydroxylation sites is 1. The molecule has 0 spiro atoms. The summed E-state index contributed by atoms with van der Waals surface area (Å²) < 4.78 is 0.800. The Morgan fingerprint density at radius 1 is 1.26 bits per heavy atom. The van der Waals surface area contributed by atoms with Gasteiger partial charge in [-0.1, -0.05) is 45.7 Å². The molecule has 5 heteroatoms. The lowest BCUT2D eigenvalue weighted by atomic mass is 10.1. The molecular weight excluding hydrogens is 328 g/mol. The molecule has 98 valence electrons. The van der Waals surface area contributed by atoms with Gasteiger partial charge in [0, 0.05) is 16.7 Å². The van der Waals surface area contributed by atoms with Gasteiger partial charge in [-0.2, -0.15) is 0 Å². The summed E-state index contributed by atoms with van der Waals surface area (Å²) in [6.07, 6.45) is 0. The van der Waals surface area contributed by atoms with Crippen molar-refractivity contribution in [2.45, 2.75) is 6.54 Å². The number of halogens is 2.